The zero-order valence-corrected chi connectivity index (χ0v) is 27.0. The average Bonchev–Trinajstić information content (AvgIpc) is 3.65. The first-order valence-corrected chi connectivity index (χ1v) is 16.5. The Kier molecular flexibility index (Phi) is 10.5. The second kappa shape index (κ2) is 14.2. The molecule has 4 N–H and O–H groups in total. The Morgan fingerprint density at radius 3 is 2.56 bits per heavy atom. The maximum atomic E-state index is 12.9. The van der Waals surface area contributed by atoms with Gasteiger partial charge in [0, 0.05) is 11.6 Å². The topological polar surface area (TPSA) is 135 Å². The van der Waals surface area contributed by atoms with Gasteiger partial charge in [-0.2, -0.15) is 5.26 Å². The lowest BCUT2D eigenvalue weighted by Crippen LogP contribution is -2.53. The first-order valence-electron chi connectivity index (χ1n) is 16.5. The van der Waals surface area contributed by atoms with Gasteiger partial charge in [0.05, 0.1) is 25.3 Å². The van der Waals surface area contributed by atoms with E-state index in [9.17, 15) is 25.4 Å². The number of likely N-dealkylation sites (tertiary alicyclic amines) is 1. The van der Waals surface area contributed by atoms with Crippen LogP contribution in [0.15, 0.2) is 42.5 Å². The van der Waals surface area contributed by atoms with E-state index in [1.807, 2.05) is 35.2 Å². The van der Waals surface area contributed by atoms with Crippen molar-refractivity contribution in [2.75, 3.05) is 13.2 Å². The molecule has 3 fully saturated rings. The van der Waals surface area contributed by atoms with Crippen molar-refractivity contribution >= 4 is 5.91 Å². The van der Waals surface area contributed by atoms with Crippen LogP contribution in [0, 0.1) is 17.2 Å². The molecule has 2 heterocycles. The summed E-state index contributed by atoms with van der Waals surface area (Å²) < 4.78 is 11.9. The van der Waals surface area contributed by atoms with Crippen molar-refractivity contribution in [2.45, 2.75) is 121 Å². The van der Waals surface area contributed by atoms with Gasteiger partial charge in [0.1, 0.15) is 36.2 Å². The summed E-state index contributed by atoms with van der Waals surface area (Å²) in [6.07, 6.45) is 1.38. The fraction of sp³-hybridized carbons (Fsp3) is 0.611. The molecule has 5 rings (SSSR count). The zero-order valence-electron chi connectivity index (χ0n) is 27.0. The molecule has 45 heavy (non-hydrogen) atoms. The van der Waals surface area contributed by atoms with Gasteiger partial charge in [0.25, 0.3) is 0 Å². The molecule has 2 aliphatic heterocycles. The predicted molar refractivity (Wildman–Crippen MR) is 171 cm³/mol. The van der Waals surface area contributed by atoms with Crippen LogP contribution >= 0.6 is 0 Å². The summed E-state index contributed by atoms with van der Waals surface area (Å²) in [6, 6.07) is 16.4. The number of aliphatic hydroxyl groups excluding tert-OH is 3. The molecule has 1 amide bonds. The SMILES string of the molecule is CCc1ccc([C@@H]2O[C@H](C)[C@@H](O)[C@H](O)[C@H]2O)cc1Cc1ccc(OCCCC(C)(C)NCC(=O)N2[C@@H]3CC[C@@H](C3)[C@H]2C#N)cc1. The smallest absolute Gasteiger partial charge is 0.237 e. The van der Waals surface area contributed by atoms with Gasteiger partial charge < -0.3 is 35.0 Å². The Bertz CT molecular complexity index is 1360. The summed E-state index contributed by atoms with van der Waals surface area (Å²) in [6.45, 7) is 8.81. The summed E-state index contributed by atoms with van der Waals surface area (Å²) in [5.74, 6) is 1.18. The highest BCUT2D eigenvalue weighted by atomic mass is 16.5. The summed E-state index contributed by atoms with van der Waals surface area (Å²) in [7, 11) is 0. The monoisotopic (exact) mass is 619 g/mol. The second-order valence-corrected chi connectivity index (χ2v) is 13.7. The third kappa shape index (κ3) is 7.53. The van der Waals surface area contributed by atoms with Gasteiger partial charge in [0.15, 0.2) is 0 Å². The molecule has 8 atom stereocenters. The van der Waals surface area contributed by atoms with Crippen LogP contribution in [0.1, 0.15) is 88.2 Å². The van der Waals surface area contributed by atoms with E-state index in [1.165, 1.54) is 5.56 Å². The van der Waals surface area contributed by atoms with Gasteiger partial charge in [-0.3, -0.25) is 4.79 Å². The van der Waals surface area contributed by atoms with E-state index >= 15 is 0 Å². The predicted octanol–water partition coefficient (Wildman–Crippen LogP) is 3.81. The molecule has 9 heteroatoms. The number of hydrogen-bond donors (Lipinski definition) is 4. The molecule has 2 aromatic carbocycles. The minimum atomic E-state index is -1.26. The first-order chi connectivity index (χ1) is 21.5. The van der Waals surface area contributed by atoms with Crippen LogP contribution in [0.25, 0.3) is 0 Å². The molecule has 9 nitrogen and oxygen atoms in total. The number of nitriles is 1. The Balaban J connectivity index is 1.09. The van der Waals surface area contributed by atoms with Crippen LogP contribution in [0.3, 0.4) is 0 Å². The van der Waals surface area contributed by atoms with Crippen molar-refractivity contribution in [3.05, 3.63) is 64.7 Å². The van der Waals surface area contributed by atoms with Gasteiger partial charge in [0.2, 0.25) is 5.91 Å². The van der Waals surface area contributed by atoms with Crippen molar-refractivity contribution < 1.29 is 29.6 Å². The Labute approximate surface area is 267 Å². The number of piperidine rings is 1. The van der Waals surface area contributed by atoms with E-state index in [0.29, 0.717) is 18.9 Å². The van der Waals surface area contributed by atoms with Gasteiger partial charge in [-0.25, -0.2) is 0 Å². The number of fused-ring (bicyclic) bond motifs is 2. The maximum absolute atomic E-state index is 12.9. The van der Waals surface area contributed by atoms with Gasteiger partial charge in [-0.05, 0) is 106 Å². The Morgan fingerprint density at radius 2 is 1.84 bits per heavy atom. The van der Waals surface area contributed by atoms with Crippen molar-refractivity contribution in [2.24, 2.45) is 5.92 Å². The molecule has 1 aliphatic carbocycles. The number of carbonyl (C=O) groups is 1. The molecule has 2 bridgehead atoms. The van der Waals surface area contributed by atoms with Crippen LogP contribution < -0.4 is 10.1 Å². The van der Waals surface area contributed by atoms with Crippen LogP contribution in [0.2, 0.25) is 0 Å². The number of amides is 1. The van der Waals surface area contributed by atoms with E-state index in [4.69, 9.17) is 9.47 Å². The number of benzene rings is 2. The number of hydrogen-bond acceptors (Lipinski definition) is 8. The van der Waals surface area contributed by atoms with E-state index in [1.54, 1.807) is 6.92 Å². The second-order valence-electron chi connectivity index (χ2n) is 13.7. The number of rotatable bonds is 12. The molecule has 3 aliphatic rings. The lowest BCUT2D eigenvalue weighted by atomic mass is 9.88. The molecule has 244 valence electrons. The molecule has 2 saturated heterocycles. The number of ether oxygens (including phenoxy) is 2. The number of aliphatic hydroxyl groups is 3. The van der Waals surface area contributed by atoms with E-state index < -0.39 is 30.5 Å². The number of aryl methyl sites for hydroxylation is 1. The van der Waals surface area contributed by atoms with Crippen molar-refractivity contribution in [1.82, 2.24) is 10.2 Å². The average molecular weight is 620 g/mol. The Hall–Kier alpha value is -3.00. The third-order valence-electron chi connectivity index (χ3n) is 10.0. The number of nitrogens with one attached hydrogen (secondary N) is 1. The number of carbonyl (C=O) groups excluding carboxylic acids is 1. The van der Waals surface area contributed by atoms with Gasteiger partial charge >= 0.3 is 0 Å². The minimum Gasteiger partial charge on any atom is -0.494 e. The van der Waals surface area contributed by atoms with Gasteiger partial charge in [-0.15, -0.1) is 0 Å². The maximum Gasteiger partial charge on any atom is 0.237 e. The van der Waals surface area contributed by atoms with Crippen molar-refractivity contribution in [3.63, 3.8) is 0 Å². The largest absolute Gasteiger partial charge is 0.494 e. The highest BCUT2D eigenvalue weighted by molar-refractivity contribution is 5.80. The van der Waals surface area contributed by atoms with E-state index in [-0.39, 0.29) is 30.1 Å². The molecule has 0 radical (unpaired) electrons. The highest BCUT2D eigenvalue weighted by Gasteiger charge is 2.48. The molecular weight excluding hydrogens is 570 g/mol. The quantitative estimate of drug-likeness (QED) is 0.264. The fourth-order valence-electron chi connectivity index (χ4n) is 7.29. The third-order valence-corrected chi connectivity index (χ3v) is 10.0. The highest BCUT2D eigenvalue weighted by Crippen LogP contribution is 2.42. The van der Waals surface area contributed by atoms with Crippen molar-refractivity contribution in [1.29, 1.82) is 5.26 Å². The summed E-state index contributed by atoms with van der Waals surface area (Å²) in [4.78, 5) is 14.8. The Morgan fingerprint density at radius 1 is 1.09 bits per heavy atom. The normalized spacial score (nSPS) is 29.5. The number of nitrogens with zero attached hydrogens (tertiary/aromatic N) is 2. The van der Waals surface area contributed by atoms with Crippen LogP contribution in [0.5, 0.6) is 5.75 Å². The molecule has 2 aromatic rings. The van der Waals surface area contributed by atoms with Crippen LogP contribution in [0.4, 0.5) is 0 Å². The zero-order chi connectivity index (χ0) is 32.3. The van der Waals surface area contributed by atoms with E-state index in [2.05, 4.69) is 44.3 Å². The molecule has 0 unspecified atom stereocenters. The molecule has 0 spiro atoms. The summed E-state index contributed by atoms with van der Waals surface area (Å²) in [5.41, 5.74) is 4.01. The first kappa shape index (κ1) is 33.4. The molecule has 1 saturated carbocycles. The summed E-state index contributed by atoms with van der Waals surface area (Å²) in [5, 5.41) is 43.9. The van der Waals surface area contributed by atoms with E-state index in [0.717, 1.165) is 61.0 Å². The summed E-state index contributed by atoms with van der Waals surface area (Å²) >= 11 is 0. The molecule has 0 aromatic heterocycles. The fourth-order valence-corrected chi connectivity index (χ4v) is 7.29. The standard InChI is InChI=1S/C36H49N3O6/c1-5-24-9-10-26(35-34(43)33(42)32(41)22(2)45-35)18-27(24)17-23-7-13-29(14-8-23)44-16-6-15-36(3,4)38-21-31(40)39-28-12-11-25(19-28)30(39)20-37/h7-10,13-14,18,22,25,28,30,32-35,38,41-43H,5-6,11-12,15-17,19,21H2,1-4H3/t22-,25+,28-,30-,32-,33+,34-,35+/m1/s1. The minimum absolute atomic E-state index is 0.0316. The van der Waals surface area contributed by atoms with Crippen molar-refractivity contribution in [3.8, 4) is 11.8 Å². The molecular formula is C36H49N3O6. The van der Waals surface area contributed by atoms with Gasteiger partial charge in [-0.1, -0.05) is 37.3 Å². The lowest BCUT2D eigenvalue weighted by Gasteiger charge is -2.39. The van der Waals surface area contributed by atoms with Crippen LogP contribution in [-0.2, 0) is 22.4 Å². The lowest BCUT2D eigenvalue weighted by molar-refractivity contribution is -0.219. The van der Waals surface area contributed by atoms with Crippen LogP contribution in [-0.4, -0.2) is 81.3 Å².